The molecule has 1 amide bonds. The highest BCUT2D eigenvalue weighted by atomic mass is 79.9. The molecular formula is C13H16BrNO3. The molecule has 1 aliphatic rings. The van der Waals surface area contributed by atoms with Crippen LogP contribution in [-0.2, 0) is 0 Å². The fourth-order valence-corrected chi connectivity index (χ4v) is 3.03. The van der Waals surface area contributed by atoms with Crippen molar-refractivity contribution in [2.24, 2.45) is 5.92 Å². The highest BCUT2D eigenvalue weighted by Crippen LogP contribution is 2.31. The Bertz CT molecular complexity index is 450. The van der Waals surface area contributed by atoms with Gasteiger partial charge >= 0.3 is 0 Å². The van der Waals surface area contributed by atoms with Crippen LogP contribution in [0, 0.1) is 5.92 Å². The van der Waals surface area contributed by atoms with E-state index in [1.54, 1.807) is 0 Å². The van der Waals surface area contributed by atoms with Gasteiger partial charge in [-0.25, -0.2) is 0 Å². The molecule has 1 aromatic carbocycles. The maximum absolute atomic E-state index is 11.9. The van der Waals surface area contributed by atoms with Crippen LogP contribution in [0.5, 0.6) is 11.5 Å². The first-order valence-corrected chi connectivity index (χ1v) is 6.94. The van der Waals surface area contributed by atoms with Gasteiger partial charge in [0.05, 0.1) is 5.56 Å². The maximum atomic E-state index is 11.9. The number of hydrogen-bond acceptors (Lipinski definition) is 3. The minimum atomic E-state index is -0.364. The number of carbonyl (C=O) groups is 1. The van der Waals surface area contributed by atoms with Gasteiger partial charge in [-0.15, -0.1) is 0 Å². The van der Waals surface area contributed by atoms with Crippen LogP contribution in [0.4, 0.5) is 0 Å². The van der Waals surface area contributed by atoms with Crippen LogP contribution in [-0.4, -0.2) is 27.5 Å². The molecular weight excluding hydrogens is 298 g/mol. The third-order valence-corrected chi connectivity index (χ3v) is 4.56. The molecule has 0 radical (unpaired) electrons. The van der Waals surface area contributed by atoms with E-state index in [0.29, 0.717) is 17.3 Å². The van der Waals surface area contributed by atoms with E-state index in [2.05, 4.69) is 21.2 Å². The lowest BCUT2D eigenvalue weighted by Crippen LogP contribution is -2.31. The summed E-state index contributed by atoms with van der Waals surface area (Å²) >= 11 is 3.60. The summed E-state index contributed by atoms with van der Waals surface area (Å²) in [5.74, 6) is -0.554. The second kappa shape index (κ2) is 5.61. The molecule has 3 N–H and O–H groups in total. The molecule has 0 saturated heterocycles. The maximum Gasteiger partial charge on any atom is 0.255 e. The summed E-state index contributed by atoms with van der Waals surface area (Å²) in [7, 11) is 0. The van der Waals surface area contributed by atoms with Crippen LogP contribution in [0.3, 0.4) is 0 Å². The van der Waals surface area contributed by atoms with Crippen molar-refractivity contribution in [3.63, 3.8) is 0 Å². The minimum Gasteiger partial charge on any atom is -0.504 e. The monoisotopic (exact) mass is 313 g/mol. The summed E-state index contributed by atoms with van der Waals surface area (Å²) in [6.07, 6.45) is 3.41. The highest BCUT2D eigenvalue weighted by Gasteiger charge is 2.25. The molecule has 0 aliphatic heterocycles. The second-order valence-corrected chi connectivity index (χ2v) is 5.77. The van der Waals surface area contributed by atoms with Crippen LogP contribution >= 0.6 is 15.9 Å². The molecule has 1 aliphatic carbocycles. The second-order valence-electron chi connectivity index (χ2n) is 4.59. The van der Waals surface area contributed by atoms with Gasteiger partial charge in [0.25, 0.3) is 5.91 Å². The summed E-state index contributed by atoms with van der Waals surface area (Å²) in [4.78, 5) is 12.3. The van der Waals surface area contributed by atoms with Crippen molar-refractivity contribution in [3.8, 4) is 11.5 Å². The standard InChI is InChI=1S/C13H16BrNO3/c14-10-5-1-3-8(10)7-15-13(18)9-4-2-6-11(16)12(9)17/h2,4,6,8,10,16-17H,1,3,5,7H2,(H,15,18). The molecule has 18 heavy (non-hydrogen) atoms. The number of halogens is 1. The van der Waals surface area contributed by atoms with Crippen LogP contribution in [0.25, 0.3) is 0 Å². The predicted molar refractivity (Wildman–Crippen MR) is 72.2 cm³/mol. The normalized spacial score (nSPS) is 22.9. The van der Waals surface area contributed by atoms with E-state index in [0.717, 1.165) is 12.8 Å². The molecule has 98 valence electrons. The molecule has 0 bridgehead atoms. The van der Waals surface area contributed by atoms with E-state index >= 15 is 0 Å². The van der Waals surface area contributed by atoms with Gasteiger partial charge in [-0.3, -0.25) is 4.79 Å². The van der Waals surface area contributed by atoms with Crippen molar-refractivity contribution in [2.45, 2.75) is 24.1 Å². The molecule has 0 heterocycles. The smallest absolute Gasteiger partial charge is 0.255 e. The van der Waals surface area contributed by atoms with Gasteiger partial charge in [-0.05, 0) is 30.9 Å². The first-order valence-electron chi connectivity index (χ1n) is 6.03. The average Bonchev–Trinajstić information content (AvgIpc) is 2.75. The van der Waals surface area contributed by atoms with E-state index in [1.165, 1.54) is 24.6 Å². The SMILES string of the molecule is O=C(NCC1CCCC1Br)c1cccc(O)c1O. The molecule has 1 fully saturated rings. The lowest BCUT2D eigenvalue weighted by molar-refractivity contribution is 0.0944. The van der Waals surface area contributed by atoms with Gasteiger partial charge in [0.15, 0.2) is 11.5 Å². The van der Waals surface area contributed by atoms with Gasteiger partial charge in [-0.1, -0.05) is 28.4 Å². The molecule has 1 saturated carbocycles. The minimum absolute atomic E-state index is 0.110. The van der Waals surface area contributed by atoms with Crippen LogP contribution in [0.1, 0.15) is 29.6 Å². The predicted octanol–water partition coefficient (Wildman–Crippen LogP) is 2.39. The number of hydrogen-bond donors (Lipinski definition) is 3. The summed E-state index contributed by atoms with van der Waals surface area (Å²) in [5, 5.41) is 21.7. The van der Waals surface area contributed by atoms with Gasteiger partial charge in [0.2, 0.25) is 0 Å². The zero-order valence-corrected chi connectivity index (χ0v) is 11.5. The Labute approximate surface area is 114 Å². The van der Waals surface area contributed by atoms with Gasteiger partial charge in [0.1, 0.15) is 0 Å². The number of nitrogens with one attached hydrogen (secondary N) is 1. The molecule has 4 nitrogen and oxygen atoms in total. The first kappa shape index (κ1) is 13.2. The van der Waals surface area contributed by atoms with E-state index < -0.39 is 0 Å². The van der Waals surface area contributed by atoms with Crippen LogP contribution in [0.2, 0.25) is 0 Å². The topological polar surface area (TPSA) is 69.6 Å². The van der Waals surface area contributed by atoms with E-state index in [1.807, 2.05) is 0 Å². The summed E-state index contributed by atoms with van der Waals surface area (Å²) < 4.78 is 0. The number of phenolic OH excluding ortho intramolecular Hbond substituents is 2. The number of carbonyl (C=O) groups excluding carboxylic acids is 1. The number of amides is 1. The zero-order chi connectivity index (χ0) is 13.1. The molecule has 1 aromatic rings. The van der Waals surface area contributed by atoms with Gasteiger partial charge in [-0.2, -0.15) is 0 Å². The Balaban J connectivity index is 1.97. The number of para-hydroxylation sites is 1. The molecule has 0 aromatic heterocycles. The largest absolute Gasteiger partial charge is 0.504 e. The van der Waals surface area contributed by atoms with Crippen molar-refractivity contribution >= 4 is 21.8 Å². The highest BCUT2D eigenvalue weighted by molar-refractivity contribution is 9.09. The number of benzene rings is 1. The van der Waals surface area contributed by atoms with Crippen molar-refractivity contribution in [3.05, 3.63) is 23.8 Å². The average molecular weight is 314 g/mol. The summed E-state index contributed by atoms with van der Waals surface area (Å²) in [5.41, 5.74) is 0.110. The number of phenols is 2. The van der Waals surface area contributed by atoms with Crippen molar-refractivity contribution in [1.82, 2.24) is 5.32 Å². The first-order chi connectivity index (χ1) is 8.59. The van der Waals surface area contributed by atoms with Crippen LogP contribution < -0.4 is 5.32 Å². The van der Waals surface area contributed by atoms with E-state index in [4.69, 9.17) is 0 Å². The molecule has 2 unspecified atom stereocenters. The van der Waals surface area contributed by atoms with Crippen molar-refractivity contribution in [1.29, 1.82) is 0 Å². The zero-order valence-electron chi connectivity index (χ0n) is 9.90. The Morgan fingerprint density at radius 2 is 2.17 bits per heavy atom. The quantitative estimate of drug-likeness (QED) is 0.593. The molecule has 5 heteroatoms. The Hall–Kier alpha value is -1.23. The third-order valence-electron chi connectivity index (χ3n) is 3.35. The Kier molecular flexibility index (Phi) is 4.11. The number of alkyl halides is 1. The van der Waals surface area contributed by atoms with Crippen molar-refractivity contribution < 1.29 is 15.0 Å². The Morgan fingerprint density at radius 1 is 1.39 bits per heavy atom. The number of rotatable bonds is 3. The number of aromatic hydroxyl groups is 2. The van der Waals surface area contributed by atoms with Gasteiger partial charge in [0, 0.05) is 11.4 Å². The van der Waals surface area contributed by atoms with E-state index in [9.17, 15) is 15.0 Å². The van der Waals surface area contributed by atoms with Crippen LogP contribution in [0.15, 0.2) is 18.2 Å². The molecule has 2 atom stereocenters. The fraction of sp³-hybridized carbons (Fsp3) is 0.462. The third kappa shape index (κ3) is 2.77. The molecule has 0 spiro atoms. The van der Waals surface area contributed by atoms with E-state index in [-0.39, 0.29) is 23.0 Å². The van der Waals surface area contributed by atoms with Crippen molar-refractivity contribution in [2.75, 3.05) is 6.54 Å². The van der Waals surface area contributed by atoms with Gasteiger partial charge < -0.3 is 15.5 Å². The fourth-order valence-electron chi connectivity index (χ4n) is 2.26. The lowest BCUT2D eigenvalue weighted by Gasteiger charge is -2.15. The Morgan fingerprint density at radius 3 is 2.83 bits per heavy atom. The molecule has 2 rings (SSSR count). The lowest BCUT2D eigenvalue weighted by atomic mass is 10.1. The summed E-state index contributed by atoms with van der Waals surface area (Å²) in [6, 6.07) is 4.37. The summed E-state index contributed by atoms with van der Waals surface area (Å²) in [6.45, 7) is 0.587.